The first-order valence-electron chi connectivity index (χ1n) is 3.44. The lowest BCUT2D eigenvalue weighted by Gasteiger charge is -2.17. The van der Waals surface area contributed by atoms with E-state index in [4.69, 9.17) is 0 Å². The fourth-order valence-electron chi connectivity index (χ4n) is 1.03. The van der Waals surface area contributed by atoms with Gasteiger partial charge in [0, 0.05) is 0 Å². The maximum absolute atomic E-state index is 11.1. The van der Waals surface area contributed by atoms with Gasteiger partial charge in [0.25, 0.3) is 0 Å². The number of ketones is 1. The highest BCUT2D eigenvalue weighted by atomic mass is 32.2. The number of rotatable bonds is 1. The van der Waals surface area contributed by atoms with Crippen molar-refractivity contribution in [3.8, 4) is 0 Å². The van der Waals surface area contributed by atoms with Crippen LogP contribution in [-0.2, 0) is 14.3 Å². The van der Waals surface area contributed by atoms with Crippen LogP contribution in [0, 0.1) is 5.92 Å². The van der Waals surface area contributed by atoms with Gasteiger partial charge in [-0.25, -0.2) is 0 Å². The van der Waals surface area contributed by atoms with Crippen molar-refractivity contribution in [2.45, 2.75) is 6.42 Å². The van der Waals surface area contributed by atoms with E-state index >= 15 is 0 Å². The van der Waals surface area contributed by atoms with Gasteiger partial charge in [-0.3, -0.25) is 9.59 Å². The summed E-state index contributed by atoms with van der Waals surface area (Å²) in [7, 11) is 1.32. The fraction of sp³-hybridized carbons (Fsp3) is 0.714. The lowest BCUT2D eigenvalue weighted by Crippen LogP contribution is -2.30. The summed E-state index contributed by atoms with van der Waals surface area (Å²) in [6.07, 6.45) is 0.635. The third kappa shape index (κ3) is 1.96. The smallest absolute Gasteiger partial charge is 0.316 e. The number of hydrogen-bond donors (Lipinski definition) is 0. The first-order chi connectivity index (χ1) is 5.25. The van der Waals surface area contributed by atoms with Gasteiger partial charge >= 0.3 is 5.97 Å². The Morgan fingerprint density at radius 2 is 2.45 bits per heavy atom. The minimum atomic E-state index is -0.485. The summed E-state index contributed by atoms with van der Waals surface area (Å²) < 4.78 is 4.49. The Balaban J connectivity index is 2.54. The average Bonchev–Trinajstić information content (AvgIpc) is 2.04. The molecule has 0 amide bonds. The van der Waals surface area contributed by atoms with E-state index in [-0.39, 0.29) is 11.8 Å². The average molecular weight is 174 g/mol. The van der Waals surface area contributed by atoms with Crippen LogP contribution in [0.25, 0.3) is 0 Å². The fourth-order valence-corrected chi connectivity index (χ4v) is 1.98. The van der Waals surface area contributed by atoms with Gasteiger partial charge < -0.3 is 4.74 Å². The molecule has 1 heterocycles. The van der Waals surface area contributed by atoms with Gasteiger partial charge in [-0.05, 0) is 12.2 Å². The Morgan fingerprint density at radius 3 is 3.00 bits per heavy atom. The molecule has 0 N–H and O–H groups in total. The maximum Gasteiger partial charge on any atom is 0.316 e. The van der Waals surface area contributed by atoms with Crippen molar-refractivity contribution >= 4 is 23.5 Å². The lowest BCUT2D eigenvalue weighted by molar-refractivity contribution is -0.148. The van der Waals surface area contributed by atoms with E-state index < -0.39 is 5.92 Å². The van der Waals surface area contributed by atoms with Crippen molar-refractivity contribution in [2.75, 3.05) is 18.6 Å². The number of ether oxygens (including phenoxy) is 1. The van der Waals surface area contributed by atoms with Crippen molar-refractivity contribution in [1.82, 2.24) is 0 Å². The lowest BCUT2D eigenvalue weighted by atomic mass is 10.0. The highest BCUT2D eigenvalue weighted by molar-refractivity contribution is 8.00. The number of carbonyl (C=O) groups excluding carboxylic acids is 2. The molecule has 62 valence electrons. The molecule has 1 saturated heterocycles. The van der Waals surface area contributed by atoms with Crippen LogP contribution in [0.1, 0.15) is 6.42 Å². The number of esters is 1. The van der Waals surface area contributed by atoms with E-state index in [1.807, 2.05) is 0 Å². The molecular weight excluding hydrogens is 164 g/mol. The molecule has 1 rings (SSSR count). The van der Waals surface area contributed by atoms with Gasteiger partial charge in [0.05, 0.1) is 12.9 Å². The summed E-state index contributed by atoms with van der Waals surface area (Å²) >= 11 is 1.58. The molecule has 1 aliphatic rings. The van der Waals surface area contributed by atoms with Crippen LogP contribution in [0.2, 0.25) is 0 Å². The summed E-state index contributed by atoms with van der Waals surface area (Å²) in [5.41, 5.74) is 0. The predicted molar refractivity (Wildman–Crippen MR) is 42.5 cm³/mol. The molecule has 4 heteroatoms. The molecule has 0 aromatic carbocycles. The molecule has 1 aliphatic heterocycles. The Hall–Kier alpha value is -0.510. The van der Waals surface area contributed by atoms with Crippen molar-refractivity contribution in [3.63, 3.8) is 0 Å². The second-order valence-corrected chi connectivity index (χ2v) is 3.49. The monoisotopic (exact) mass is 174 g/mol. The van der Waals surface area contributed by atoms with E-state index in [1.54, 1.807) is 11.8 Å². The van der Waals surface area contributed by atoms with Crippen LogP contribution in [0.4, 0.5) is 0 Å². The molecule has 0 aromatic heterocycles. The van der Waals surface area contributed by atoms with Crippen molar-refractivity contribution < 1.29 is 14.3 Å². The Morgan fingerprint density at radius 1 is 1.73 bits per heavy atom. The Kier molecular flexibility index (Phi) is 2.93. The molecule has 0 bridgehead atoms. The van der Waals surface area contributed by atoms with Gasteiger partial charge in [0.1, 0.15) is 5.92 Å². The Labute approximate surface area is 69.5 Å². The summed E-state index contributed by atoms with van der Waals surface area (Å²) in [4.78, 5) is 22.0. The van der Waals surface area contributed by atoms with Crippen molar-refractivity contribution in [1.29, 1.82) is 0 Å². The molecule has 0 radical (unpaired) electrons. The van der Waals surface area contributed by atoms with E-state index in [0.29, 0.717) is 12.2 Å². The molecule has 0 unspecified atom stereocenters. The van der Waals surface area contributed by atoms with Gasteiger partial charge in [-0.15, -0.1) is 0 Å². The summed E-state index contributed by atoms with van der Waals surface area (Å²) in [6, 6.07) is 0. The van der Waals surface area contributed by atoms with Crippen LogP contribution >= 0.6 is 11.8 Å². The van der Waals surface area contributed by atoms with Gasteiger partial charge in [0.15, 0.2) is 5.78 Å². The molecule has 0 aromatic rings. The number of Topliss-reactive ketones (excluding diaryl/α,β-unsaturated/α-hetero) is 1. The van der Waals surface area contributed by atoms with Crippen LogP contribution in [0.5, 0.6) is 0 Å². The standard InChI is InChI=1S/C7H10O3S/c1-10-7(9)5-2-3-11-4-6(5)8/h5H,2-4H2,1H3/t5-/m1/s1. The topological polar surface area (TPSA) is 43.4 Å². The minimum absolute atomic E-state index is 0.00750. The molecule has 11 heavy (non-hydrogen) atoms. The largest absolute Gasteiger partial charge is 0.468 e. The second kappa shape index (κ2) is 3.76. The van der Waals surface area contributed by atoms with Crippen LogP contribution < -0.4 is 0 Å². The van der Waals surface area contributed by atoms with Gasteiger partial charge in [0.2, 0.25) is 0 Å². The summed E-state index contributed by atoms with van der Waals surface area (Å²) in [5, 5.41) is 0. The molecule has 0 aliphatic carbocycles. The number of methoxy groups -OCH3 is 1. The van der Waals surface area contributed by atoms with Gasteiger partial charge in [-0.1, -0.05) is 0 Å². The van der Waals surface area contributed by atoms with Crippen molar-refractivity contribution in [3.05, 3.63) is 0 Å². The zero-order chi connectivity index (χ0) is 8.27. The quantitative estimate of drug-likeness (QED) is 0.428. The normalized spacial score (nSPS) is 24.8. The van der Waals surface area contributed by atoms with Gasteiger partial charge in [-0.2, -0.15) is 11.8 Å². The first-order valence-corrected chi connectivity index (χ1v) is 4.59. The number of carbonyl (C=O) groups is 2. The highest BCUT2D eigenvalue weighted by Crippen LogP contribution is 2.20. The molecule has 3 nitrogen and oxygen atoms in total. The third-order valence-corrected chi connectivity index (χ3v) is 2.68. The number of thioether (sulfide) groups is 1. The summed E-state index contributed by atoms with van der Waals surface area (Å²) in [5.74, 6) is 0.482. The van der Waals surface area contributed by atoms with E-state index in [0.717, 1.165) is 5.75 Å². The predicted octanol–water partition coefficient (Wildman–Crippen LogP) is 0.482. The van der Waals surface area contributed by atoms with Crippen LogP contribution in [0.15, 0.2) is 0 Å². The molecule has 0 saturated carbocycles. The third-order valence-electron chi connectivity index (χ3n) is 1.67. The van der Waals surface area contributed by atoms with Crippen LogP contribution in [-0.4, -0.2) is 30.4 Å². The SMILES string of the molecule is COC(=O)[C@@H]1CCSCC1=O. The zero-order valence-electron chi connectivity index (χ0n) is 6.33. The number of hydrogen-bond acceptors (Lipinski definition) is 4. The Bertz CT molecular complexity index is 171. The van der Waals surface area contributed by atoms with E-state index in [1.165, 1.54) is 7.11 Å². The minimum Gasteiger partial charge on any atom is -0.468 e. The zero-order valence-corrected chi connectivity index (χ0v) is 7.15. The maximum atomic E-state index is 11.1. The van der Waals surface area contributed by atoms with Crippen LogP contribution in [0.3, 0.4) is 0 Å². The van der Waals surface area contributed by atoms with Crippen molar-refractivity contribution in [2.24, 2.45) is 5.92 Å². The van der Waals surface area contributed by atoms with E-state index in [2.05, 4.69) is 4.74 Å². The summed E-state index contributed by atoms with van der Waals surface area (Å²) in [6.45, 7) is 0. The first kappa shape index (κ1) is 8.59. The molecular formula is C7H10O3S. The van der Waals surface area contributed by atoms with E-state index in [9.17, 15) is 9.59 Å². The highest BCUT2D eigenvalue weighted by Gasteiger charge is 2.29. The molecule has 1 atom stereocenters. The molecule has 1 fully saturated rings. The second-order valence-electron chi connectivity index (χ2n) is 2.38. The molecule has 0 spiro atoms.